The highest BCUT2D eigenvalue weighted by atomic mass is 19.1. The van der Waals surface area contributed by atoms with Gasteiger partial charge in [0.05, 0.1) is 0 Å². The second-order valence-corrected chi connectivity index (χ2v) is 9.14. The zero-order valence-corrected chi connectivity index (χ0v) is 15.7. The molecule has 0 saturated heterocycles. The normalized spacial score (nSPS) is 46.8. The Balaban J connectivity index is 1.80. The maximum absolute atomic E-state index is 15.4. The first-order chi connectivity index (χ1) is 12.2. The van der Waals surface area contributed by atoms with Crippen LogP contribution in [0.4, 0.5) is 4.39 Å². The minimum absolute atomic E-state index is 0.0625. The highest BCUT2D eigenvalue weighted by Gasteiger charge is 2.61. The van der Waals surface area contributed by atoms with Gasteiger partial charge in [-0.15, -0.1) is 0 Å². The second kappa shape index (κ2) is 5.72. The number of rotatable bonds is 2. The lowest BCUT2D eigenvalue weighted by Gasteiger charge is -2.53. The van der Waals surface area contributed by atoms with Crippen molar-refractivity contribution < 1.29 is 19.1 Å². The van der Waals surface area contributed by atoms with Gasteiger partial charge < -0.3 is 5.11 Å². The molecule has 0 bridgehead atoms. The minimum Gasteiger partial charge on any atom is -0.389 e. The van der Waals surface area contributed by atoms with Crippen LogP contribution < -0.4 is 0 Å². The predicted octanol–water partition coefficient (Wildman–Crippen LogP) is 3.59. The Hall–Kier alpha value is -1.55. The van der Waals surface area contributed by atoms with Crippen molar-refractivity contribution >= 4 is 11.6 Å². The predicted molar refractivity (Wildman–Crippen MR) is 97.0 cm³/mol. The molecule has 140 valence electrons. The fourth-order valence-electron chi connectivity index (χ4n) is 6.61. The highest BCUT2D eigenvalue weighted by Crippen LogP contribution is 2.65. The van der Waals surface area contributed by atoms with Gasteiger partial charge in [0.15, 0.2) is 11.6 Å². The average molecular weight is 358 g/mol. The van der Waals surface area contributed by atoms with Crippen molar-refractivity contribution in [2.75, 3.05) is 6.61 Å². The molecule has 0 aromatic carbocycles. The van der Waals surface area contributed by atoms with Crippen LogP contribution in [0.5, 0.6) is 0 Å². The van der Waals surface area contributed by atoms with E-state index in [0.717, 1.165) is 24.0 Å². The van der Waals surface area contributed by atoms with Gasteiger partial charge in [-0.1, -0.05) is 31.6 Å². The van der Waals surface area contributed by atoms with E-state index in [4.69, 9.17) is 0 Å². The smallest absolute Gasteiger partial charge is 0.178 e. The van der Waals surface area contributed by atoms with E-state index in [9.17, 15) is 14.7 Å². The Bertz CT molecular complexity index is 763. The van der Waals surface area contributed by atoms with Crippen LogP contribution in [0.2, 0.25) is 0 Å². The molecule has 0 aromatic heterocycles. The van der Waals surface area contributed by atoms with E-state index in [1.54, 1.807) is 12.2 Å². The van der Waals surface area contributed by atoms with E-state index in [0.29, 0.717) is 0 Å². The van der Waals surface area contributed by atoms with Crippen LogP contribution in [0.25, 0.3) is 0 Å². The zero-order valence-electron chi connectivity index (χ0n) is 15.7. The summed E-state index contributed by atoms with van der Waals surface area (Å²) in [7, 11) is 0. The fraction of sp³-hybridized carbons (Fsp3) is 0.636. The summed E-state index contributed by atoms with van der Waals surface area (Å²) < 4.78 is 15.4. The van der Waals surface area contributed by atoms with Crippen LogP contribution in [0.1, 0.15) is 40.0 Å². The van der Waals surface area contributed by atoms with Gasteiger partial charge in [-0.25, -0.2) is 4.39 Å². The molecule has 3 nitrogen and oxygen atoms in total. The summed E-state index contributed by atoms with van der Waals surface area (Å²) in [4.78, 5) is 24.2. The molecule has 0 aliphatic heterocycles. The maximum atomic E-state index is 15.4. The zero-order chi connectivity index (χ0) is 18.9. The first kappa shape index (κ1) is 17.8. The van der Waals surface area contributed by atoms with Gasteiger partial charge in [0, 0.05) is 23.7 Å². The summed E-state index contributed by atoms with van der Waals surface area (Å²) in [6.07, 6.45) is 8.07. The monoisotopic (exact) mass is 358 g/mol. The number of allylic oxidation sites excluding steroid dienone is 6. The summed E-state index contributed by atoms with van der Waals surface area (Å²) in [5.41, 5.74) is 1.27. The van der Waals surface area contributed by atoms with E-state index >= 15 is 4.39 Å². The topological polar surface area (TPSA) is 54.4 Å². The van der Waals surface area contributed by atoms with E-state index in [2.05, 4.69) is 26.8 Å². The van der Waals surface area contributed by atoms with Crippen molar-refractivity contribution in [2.24, 2.45) is 34.5 Å². The molecule has 0 radical (unpaired) electrons. The highest BCUT2D eigenvalue weighted by molar-refractivity contribution is 6.01. The molecule has 0 aromatic rings. The van der Waals surface area contributed by atoms with Crippen molar-refractivity contribution in [3.05, 3.63) is 35.5 Å². The second-order valence-electron chi connectivity index (χ2n) is 9.14. The molecule has 4 rings (SSSR count). The van der Waals surface area contributed by atoms with Crippen LogP contribution in [-0.2, 0) is 9.59 Å². The Morgan fingerprint density at radius 1 is 1.38 bits per heavy atom. The van der Waals surface area contributed by atoms with Gasteiger partial charge >= 0.3 is 0 Å². The molecule has 4 aliphatic carbocycles. The SMILES string of the molecule is CC1CC2C3C(=CCC2(C)C1C(=O)CO)C1(C)C=CC(=O)C=C1CC3F. The van der Waals surface area contributed by atoms with Crippen LogP contribution in [0.3, 0.4) is 0 Å². The molecule has 2 saturated carbocycles. The fourth-order valence-corrected chi connectivity index (χ4v) is 6.61. The lowest BCUT2D eigenvalue weighted by molar-refractivity contribution is -0.131. The number of fused-ring (bicyclic) bond motifs is 5. The Kier molecular flexibility index (Phi) is 3.93. The molecule has 26 heavy (non-hydrogen) atoms. The van der Waals surface area contributed by atoms with Crippen molar-refractivity contribution in [2.45, 2.75) is 46.2 Å². The summed E-state index contributed by atoms with van der Waals surface area (Å²) in [5.74, 6) is -0.355. The summed E-state index contributed by atoms with van der Waals surface area (Å²) in [6.45, 7) is 5.81. The number of carbonyl (C=O) groups excluding carboxylic acids is 2. The molecular weight excluding hydrogens is 331 g/mol. The largest absolute Gasteiger partial charge is 0.389 e. The Morgan fingerprint density at radius 2 is 2.12 bits per heavy atom. The Labute approximate surface area is 154 Å². The third-order valence-electron chi connectivity index (χ3n) is 7.78. The number of carbonyl (C=O) groups is 2. The van der Waals surface area contributed by atoms with E-state index in [-0.39, 0.29) is 52.5 Å². The number of hydrogen-bond acceptors (Lipinski definition) is 3. The molecular formula is C22H27FO3. The number of aliphatic hydroxyl groups excluding tert-OH is 1. The van der Waals surface area contributed by atoms with Gasteiger partial charge in [0.1, 0.15) is 12.8 Å². The lowest BCUT2D eigenvalue weighted by atomic mass is 9.51. The number of ketones is 2. The van der Waals surface area contributed by atoms with Gasteiger partial charge in [-0.2, -0.15) is 0 Å². The average Bonchev–Trinajstić information content (AvgIpc) is 2.86. The molecule has 0 spiro atoms. The quantitative estimate of drug-likeness (QED) is 0.768. The van der Waals surface area contributed by atoms with Crippen LogP contribution in [0, 0.1) is 34.5 Å². The van der Waals surface area contributed by atoms with Crippen LogP contribution in [-0.4, -0.2) is 29.5 Å². The Morgan fingerprint density at radius 3 is 2.81 bits per heavy atom. The number of hydrogen-bond donors (Lipinski definition) is 1. The number of Topliss-reactive ketones (excluding diaryl/α,β-unsaturated/α-hetero) is 1. The van der Waals surface area contributed by atoms with Gasteiger partial charge in [0.2, 0.25) is 0 Å². The van der Waals surface area contributed by atoms with Crippen LogP contribution >= 0.6 is 0 Å². The molecule has 7 atom stereocenters. The molecule has 4 aliphatic rings. The van der Waals surface area contributed by atoms with Crippen molar-refractivity contribution in [1.29, 1.82) is 0 Å². The first-order valence-electron chi connectivity index (χ1n) is 9.65. The van der Waals surface area contributed by atoms with Gasteiger partial charge in [0.25, 0.3) is 0 Å². The van der Waals surface area contributed by atoms with E-state index in [1.807, 2.05) is 6.08 Å². The summed E-state index contributed by atoms with van der Waals surface area (Å²) >= 11 is 0. The van der Waals surface area contributed by atoms with E-state index in [1.165, 1.54) is 0 Å². The molecule has 1 N–H and O–H groups in total. The minimum atomic E-state index is -1.03. The van der Waals surface area contributed by atoms with E-state index < -0.39 is 12.8 Å². The molecule has 4 heteroatoms. The number of halogens is 1. The number of alkyl halides is 1. The molecule has 0 amide bonds. The third kappa shape index (κ3) is 2.20. The molecule has 2 fully saturated rings. The molecule has 0 heterocycles. The maximum Gasteiger partial charge on any atom is 0.178 e. The standard InChI is InChI=1S/C22H27FO3/c1-12-8-16-19-15(5-7-22(16,3)20(12)18(26)11-24)21(2)6-4-14(25)9-13(21)10-17(19)23/h4-6,9,12,16-17,19-20,24H,7-8,10-11H2,1-3H3. The summed E-state index contributed by atoms with van der Waals surface area (Å²) in [6, 6.07) is 0. The lowest BCUT2D eigenvalue weighted by Crippen LogP contribution is -2.49. The molecule has 7 unspecified atom stereocenters. The van der Waals surface area contributed by atoms with Crippen molar-refractivity contribution in [3.63, 3.8) is 0 Å². The summed E-state index contributed by atoms with van der Waals surface area (Å²) in [5, 5.41) is 9.43. The van der Waals surface area contributed by atoms with Gasteiger partial charge in [-0.05, 0) is 54.7 Å². The van der Waals surface area contributed by atoms with Crippen molar-refractivity contribution in [1.82, 2.24) is 0 Å². The van der Waals surface area contributed by atoms with Crippen molar-refractivity contribution in [3.8, 4) is 0 Å². The third-order valence-corrected chi connectivity index (χ3v) is 7.78. The first-order valence-corrected chi connectivity index (χ1v) is 9.65. The van der Waals surface area contributed by atoms with Crippen LogP contribution in [0.15, 0.2) is 35.5 Å². The number of aliphatic hydroxyl groups is 1. The van der Waals surface area contributed by atoms with Gasteiger partial charge in [-0.3, -0.25) is 9.59 Å².